The number of nitrogens with zero attached hydrogens (tertiary/aromatic N) is 2. The molecule has 2 aliphatic carbocycles. The van der Waals surface area contributed by atoms with Gasteiger partial charge in [0.05, 0.1) is 5.60 Å². The first kappa shape index (κ1) is 27.0. The van der Waals surface area contributed by atoms with Gasteiger partial charge in [0, 0.05) is 37.5 Å². The van der Waals surface area contributed by atoms with Crippen molar-refractivity contribution in [2.75, 3.05) is 20.1 Å². The van der Waals surface area contributed by atoms with Crippen LogP contribution in [0.15, 0.2) is 72.8 Å². The molecule has 4 atom stereocenters. The molecule has 5 nitrogen and oxygen atoms in total. The van der Waals surface area contributed by atoms with Gasteiger partial charge in [-0.15, -0.1) is 0 Å². The van der Waals surface area contributed by atoms with Crippen molar-refractivity contribution in [3.8, 4) is 5.75 Å². The zero-order chi connectivity index (χ0) is 27.9. The van der Waals surface area contributed by atoms with Crippen LogP contribution in [0, 0.1) is 6.92 Å². The number of aliphatic hydroxyl groups is 1. The second-order valence-corrected chi connectivity index (χ2v) is 12.5. The predicted molar refractivity (Wildman–Crippen MR) is 158 cm³/mol. The van der Waals surface area contributed by atoms with Gasteiger partial charge >= 0.3 is 0 Å². The van der Waals surface area contributed by atoms with E-state index in [0.717, 1.165) is 57.2 Å². The summed E-state index contributed by atoms with van der Waals surface area (Å²) in [6.45, 7) is 3.91. The van der Waals surface area contributed by atoms with E-state index in [1.165, 1.54) is 22.3 Å². The number of fused-ring (bicyclic) bond motifs is 1. The lowest BCUT2D eigenvalue weighted by Gasteiger charge is -2.65. The van der Waals surface area contributed by atoms with Gasteiger partial charge in [0.1, 0.15) is 5.75 Å². The van der Waals surface area contributed by atoms with Crippen LogP contribution in [0.25, 0.3) is 0 Å². The van der Waals surface area contributed by atoms with Gasteiger partial charge in [-0.25, -0.2) is 0 Å². The molecule has 5 heteroatoms. The molecule has 40 heavy (non-hydrogen) atoms. The number of aryl methyl sites for hydroxylation is 2. The van der Waals surface area contributed by atoms with Crippen molar-refractivity contribution in [2.45, 2.75) is 81.4 Å². The number of likely N-dealkylation sites (tertiary alicyclic amines) is 1. The predicted octanol–water partition coefficient (Wildman–Crippen LogP) is 5.19. The van der Waals surface area contributed by atoms with Crippen LogP contribution in [0.1, 0.15) is 59.9 Å². The van der Waals surface area contributed by atoms with Crippen LogP contribution in [-0.2, 0) is 29.5 Å². The number of rotatable bonds is 7. The van der Waals surface area contributed by atoms with Crippen molar-refractivity contribution in [1.82, 2.24) is 9.80 Å². The van der Waals surface area contributed by atoms with Crippen molar-refractivity contribution in [3.05, 3.63) is 101 Å². The van der Waals surface area contributed by atoms with Gasteiger partial charge in [0.15, 0.2) is 0 Å². The number of carbonyl (C=O) groups is 1. The summed E-state index contributed by atoms with van der Waals surface area (Å²) in [5.41, 5.74) is 4.70. The van der Waals surface area contributed by atoms with E-state index < -0.39 is 11.0 Å². The molecular weight excluding hydrogens is 496 g/mol. The Kier molecular flexibility index (Phi) is 7.22. The van der Waals surface area contributed by atoms with Crippen LogP contribution < -0.4 is 0 Å². The van der Waals surface area contributed by atoms with Crippen LogP contribution in [0.4, 0.5) is 0 Å². The van der Waals surface area contributed by atoms with Gasteiger partial charge in [-0.2, -0.15) is 0 Å². The highest BCUT2D eigenvalue weighted by molar-refractivity contribution is 5.76. The molecule has 1 unspecified atom stereocenters. The summed E-state index contributed by atoms with van der Waals surface area (Å²) in [6, 6.07) is 24.8. The molecule has 210 valence electrons. The number of hydrogen-bond acceptors (Lipinski definition) is 4. The second-order valence-electron chi connectivity index (χ2n) is 12.5. The molecule has 1 amide bonds. The fraction of sp³-hybridized carbons (Fsp3) is 0.457. The average molecular weight is 539 g/mol. The lowest BCUT2D eigenvalue weighted by atomic mass is 9.48. The van der Waals surface area contributed by atoms with Gasteiger partial charge in [-0.3, -0.25) is 9.69 Å². The minimum absolute atomic E-state index is 0.0327. The van der Waals surface area contributed by atoms with Crippen LogP contribution in [0.2, 0.25) is 0 Å². The Bertz CT molecular complexity index is 1370. The minimum atomic E-state index is -0.884. The van der Waals surface area contributed by atoms with E-state index in [9.17, 15) is 15.0 Å². The number of piperidine rings is 1. The maximum atomic E-state index is 13.4. The van der Waals surface area contributed by atoms with E-state index in [4.69, 9.17) is 0 Å². The minimum Gasteiger partial charge on any atom is -0.508 e. The molecule has 6 rings (SSSR count). The molecular formula is C35H42N2O3. The van der Waals surface area contributed by atoms with Gasteiger partial charge in [0.2, 0.25) is 5.91 Å². The smallest absolute Gasteiger partial charge is 0.222 e. The molecule has 1 saturated carbocycles. The van der Waals surface area contributed by atoms with Crippen LogP contribution >= 0.6 is 0 Å². The number of hydrogen-bond donors (Lipinski definition) is 2. The van der Waals surface area contributed by atoms with E-state index in [-0.39, 0.29) is 23.7 Å². The summed E-state index contributed by atoms with van der Waals surface area (Å²) < 4.78 is 0. The van der Waals surface area contributed by atoms with Crippen LogP contribution in [0.5, 0.6) is 5.75 Å². The Hall–Kier alpha value is -3.15. The number of amides is 1. The summed E-state index contributed by atoms with van der Waals surface area (Å²) >= 11 is 0. The Labute approximate surface area is 238 Å². The molecule has 1 aliphatic heterocycles. The van der Waals surface area contributed by atoms with Crippen molar-refractivity contribution in [3.63, 3.8) is 0 Å². The Morgan fingerprint density at radius 3 is 2.60 bits per heavy atom. The maximum Gasteiger partial charge on any atom is 0.222 e. The summed E-state index contributed by atoms with van der Waals surface area (Å²) in [6.07, 6.45) is 5.99. The number of aromatic hydroxyl groups is 1. The first-order valence-electron chi connectivity index (χ1n) is 14.9. The Morgan fingerprint density at radius 1 is 1.00 bits per heavy atom. The summed E-state index contributed by atoms with van der Waals surface area (Å²) in [7, 11) is 1.95. The largest absolute Gasteiger partial charge is 0.508 e. The topological polar surface area (TPSA) is 64.0 Å². The number of phenols is 1. The van der Waals surface area contributed by atoms with Crippen molar-refractivity contribution in [2.24, 2.45) is 0 Å². The van der Waals surface area contributed by atoms with Gasteiger partial charge in [-0.05, 0) is 92.8 Å². The molecule has 2 N–H and O–H groups in total. The number of carbonyl (C=O) groups excluding carboxylic acids is 1. The van der Waals surface area contributed by atoms with Gasteiger partial charge in [0.25, 0.3) is 0 Å². The normalized spacial score (nSPS) is 27.5. The molecule has 1 saturated heterocycles. The highest BCUT2D eigenvalue weighted by atomic mass is 16.3. The molecule has 0 spiro atoms. The molecule has 1 heterocycles. The zero-order valence-corrected chi connectivity index (χ0v) is 23.9. The SMILES string of the molecule is Cc1cccc(CCC(=O)N(C)C2CC[C@@]3(O)[C@H]4Cc5ccc(O)cc5[C@@]3(CCN4CCc3ccccc3)C2)c1. The lowest BCUT2D eigenvalue weighted by Crippen LogP contribution is -2.74. The highest BCUT2D eigenvalue weighted by Crippen LogP contribution is 2.59. The fourth-order valence-electron chi connectivity index (χ4n) is 8.09. The summed E-state index contributed by atoms with van der Waals surface area (Å²) in [5, 5.41) is 23.2. The van der Waals surface area contributed by atoms with E-state index >= 15 is 0 Å². The molecule has 3 aromatic carbocycles. The van der Waals surface area contributed by atoms with Crippen LogP contribution in [0.3, 0.4) is 0 Å². The third kappa shape index (κ3) is 4.73. The third-order valence-electron chi connectivity index (χ3n) is 10.3. The summed E-state index contributed by atoms with van der Waals surface area (Å²) in [4.78, 5) is 17.9. The zero-order valence-electron chi connectivity index (χ0n) is 23.9. The van der Waals surface area contributed by atoms with E-state index in [2.05, 4.69) is 72.5 Å². The van der Waals surface area contributed by atoms with Crippen LogP contribution in [-0.4, -0.2) is 63.7 Å². The first-order valence-corrected chi connectivity index (χ1v) is 14.9. The van der Waals surface area contributed by atoms with Crippen molar-refractivity contribution in [1.29, 1.82) is 0 Å². The van der Waals surface area contributed by atoms with E-state index in [0.29, 0.717) is 12.8 Å². The molecule has 0 radical (unpaired) electrons. The van der Waals surface area contributed by atoms with Gasteiger partial charge in [-0.1, -0.05) is 66.2 Å². The Morgan fingerprint density at radius 2 is 1.80 bits per heavy atom. The monoisotopic (exact) mass is 538 g/mol. The quantitative estimate of drug-likeness (QED) is 0.435. The molecule has 0 aromatic heterocycles. The standard InChI is InChI=1S/C35H42N2O3/c1-25-7-6-10-27(21-25)11-14-33(39)36(2)29-15-17-35(40)32-22-28-12-13-30(38)23-31(28)34(35,24-29)18-20-37(32)19-16-26-8-4-3-5-9-26/h3-10,12-13,21,23,29,32,38,40H,11,14-20,22,24H2,1-2H3/t29?,32-,34-,35-/m1/s1. The third-order valence-corrected chi connectivity index (χ3v) is 10.3. The molecule has 3 aromatic rings. The average Bonchev–Trinajstić information content (AvgIpc) is 2.96. The molecule has 2 bridgehead atoms. The highest BCUT2D eigenvalue weighted by Gasteiger charge is 2.64. The van der Waals surface area contributed by atoms with E-state index in [1.54, 1.807) is 6.07 Å². The molecule has 3 aliphatic rings. The second kappa shape index (κ2) is 10.7. The van der Waals surface area contributed by atoms with Crippen molar-refractivity contribution < 1.29 is 15.0 Å². The lowest BCUT2D eigenvalue weighted by molar-refractivity contribution is -0.177. The van der Waals surface area contributed by atoms with Gasteiger partial charge < -0.3 is 15.1 Å². The Balaban J connectivity index is 1.24. The molecule has 2 fully saturated rings. The first-order chi connectivity index (χ1) is 19.3. The number of benzene rings is 3. The fourth-order valence-corrected chi connectivity index (χ4v) is 8.09. The van der Waals surface area contributed by atoms with Crippen molar-refractivity contribution >= 4 is 5.91 Å². The maximum absolute atomic E-state index is 13.4. The van der Waals surface area contributed by atoms with E-state index in [1.807, 2.05) is 18.0 Å². The number of phenolic OH excluding ortho intramolecular Hbond substituents is 1. The summed E-state index contributed by atoms with van der Waals surface area (Å²) in [5.74, 6) is 0.419.